The number of benzene rings is 1. The maximum Gasteiger partial charge on any atom is 0.0697 e. The van der Waals surface area contributed by atoms with E-state index in [9.17, 15) is 0 Å². The summed E-state index contributed by atoms with van der Waals surface area (Å²) in [7, 11) is 0. The van der Waals surface area contributed by atoms with Crippen LogP contribution in [0.25, 0.3) is 0 Å². The van der Waals surface area contributed by atoms with Crippen molar-refractivity contribution >= 4 is 0 Å². The van der Waals surface area contributed by atoms with Gasteiger partial charge in [0, 0.05) is 6.54 Å². The SMILES string of the molecule is Cc1ccc(CCNCC(C)(C)C#N)cc1C. The van der Waals surface area contributed by atoms with E-state index in [0.29, 0.717) is 0 Å². The highest BCUT2D eigenvalue weighted by Gasteiger charge is 2.15. The Kier molecular flexibility index (Phi) is 4.72. The van der Waals surface area contributed by atoms with Crippen LogP contribution < -0.4 is 5.32 Å². The van der Waals surface area contributed by atoms with Crippen molar-refractivity contribution in [2.75, 3.05) is 13.1 Å². The van der Waals surface area contributed by atoms with Crippen molar-refractivity contribution in [3.63, 3.8) is 0 Å². The summed E-state index contributed by atoms with van der Waals surface area (Å²) < 4.78 is 0. The molecule has 0 heterocycles. The zero-order valence-electron chi connectivity index (χ0n) is 11.3. The van der Waals surface area contributed by atoms with Crippen molar-refractivity contribution in [1.82, 2.24) is 5.32 Å². The minimum atomic E-state index is -0.275. The number of hydrogen-bond acceptors (Lipinski definition) is 2. The molecule has 2 heteroatoms. The summed E-state index contributed by atoms with van der Waals surface area (Å²) in [5.41, 5.74) is 3.77. The molecule has 1 rings (SSSR count). The van der Waals surface area contributed by atoms with Crippen molar-refractivity contribution in [1.29, 1.82) is 5.26 Å². The van der Waals surface area contributed by atoms with Gasteiger partial charge in [-0.15, -0.1) is 0 Å². The largest absolute Gasteiger partial charge is 0.315 e. The van der Waals surface area contributed by atoms with Crippen LogP contribution in [-0.2, 0) is 6.42 Å². The number of nitrogens with one attached hydrogen (secondary N) is 1. The fraction of sp³-hybridized carbons (Fsp3) is 0.533. The van der Waals surface area contributed by atoms with Crippen LogP contribution in [0.4, 0.5) is 0 Å². The molecule has 0 saturated heterocycles. The predicted octanol–water partition coefficient (Wildman–Crippen LogP) is 2.99. The lowest BCUT2D eigenvalue weighted by Crippen LogP contribution is -2.29. The normalized spacial score (nSPS) is 11.2. The van der Waals surface area contributed by atoms with Gasteiger partial charge in [0.2, 0.25) is 0 Å². The summed E-state index contributed by atoms with van der Waals surface area (Å²) in [5, 5.41) is 12.2. The number of rotatable bonds is 5. The minimum Gasteiger partial charge on any atom is -0.315 e. The van der Waals surface area contributed by atoms with Gasteiger partial charge in [-0.2, -0.15) is 5.26 Å². The van der Waals surface area contributed by atoms with Crippen LogP contribution in [0.5, 0.6) is 0 Å². The monoisotopic (exact) mass is 230 g/mol. The summed E-state index contributed by atoms with van der Waals surface area (Å²) >= 11 is 0. The number of aryl methyl sites for hydroxylation is 2. The average Bonchev–Trinajstić information content (AvgIpc) is 2.29. The molecule has 92 valence electrons. The second kappa shape index (κ2) is 5.84. The molecule has 0 aliphatic carbocycles. The first-order valence-electron chi connectivity index (χ1n) is 6.13. The average molecular weight is 230 g/mol. The Morgan fingerprint density at radius 2 is 1.94 bits per heavy atom. The van der Waals surface area contributed by atoms with Crippen molar-refractivity contribution in [2.45, 2.75) is 34.1 Å². The van der Waals surface area contributed by atoms with Gasteiger partial charge in [0.05, 0.1) is 11.5 Å². The zero-order valence-corrected chi connectivity index (χ0v) is 11.3. The fourth-order valence-corrected chi connectivity index (χ4v) is 1.63. The van der Waals surface area contributed by atoms with E-state index in [4.69, 9.17) is 5.26 Å². The molecule has 0 amide bonds. The molecule has 2 nitrogen and oxygen atoms in total. The molecule has 17 heavy (non-hydrogen) atoms. The molecule has 0 aliphatic heterocycles. The van der Waals surface area contributed by atoms with Crippen LogP contribution in [0.1, 0.15) is 30.5 Å². The lowest BCUT2D eigenvalue weighted by Gasteiger charge is -2.15. The smallest absolute Gasteiger partial charge is 0.0697 e. The van der Waals surface area contributed by atoms with Crippen molar-refractivity contribution in [3.05, 3.63) is 34.9 Å². The van der Waals surface area contributed by atoms with Crippen molar-refractivity contribution in [3.8, 4) is 6.07 Å². The Balaban J connectivity index is 2.37. The molecule has 0 saturated carbocycles. The number of nitrogens with zero attached hydrogens (tertiary/aromatic N) is 1. The highest BCUT2D eigenvalue weighted by molar-refractivity contribution is 5.30. The van der Waals surface area contributed by atoms with Crippen molar-refractivity contribution in [2.24, 2.45) is 5.41 Å². The van der Waals surface area contributed by atoms with Gasteiger partial charge < -0.3 is 5.32 Å². The molecular formula is C15H22N2. The molecule has 1 aromatic rings. The van der Waals surface area contributed by atoms with Gasteiger partial charge in [-0.3, -0.25) is 0 Å². The van der Waals surface area contributed by atoms with Gasteiger partial charge in [-0.25, -0.2) is 0 Å². The molecule has 1 aromatic carbocycles. The highest BCUT2D eigenvalue weighted by atomic mass is 14.9. The standard InChI is InChI=1S/C15H22N2/c1-12-5-6-14(9-13(12)2)7-8-17-11-15(3,4)10-16/h5-6,9,17H,7-8,11H2,1-4H3. The van der Waals surface area contributed by atoms with Gasteiger partial charge in [0.1, 0.15) is 0 Å². The van der Waals surface area contributed by atoms with Gasteiger partial charge in [0.15, 0.2) is 0 Å². The van der Waals surface area contributed by atoms with E-state index in [1.54, 1.807) is 0 Å². The number of nitriles is 1. The van der Waals surface area contributed by atoms with Crippen molar-refractivity contribution < 1.29 is 0 Å². The number of hydrogen-bond donors (Lipinski definition) is 1. The molecule has 0 bridgehead atoms. The van der Waals surface area contributed by atoms with Gasteiger partial charge in [0.25, 0.3) is 0 Å². The van der Waals surface area contributed by atoms with E-state index in [-0.39, 0.29) is 5.41 Å². The Morgan fingerprint density at radius 3 is 2.53 bits per heavy atom. The first-order chi connectivity index (χ1) is 7.94. The Morgan fingerprint density at radius 1 is 1.24 bits per heavy atom. The minimum absolute atomic E-state index is 0.275. The highest BCUT2D eigenvalue weighted by Crippen LogP contribution is 2.12. The molecule has 0 spiro atoms. The predicted molar refractivity (Wildman–Crippen MR) is 71.9 cm³/mol. The Bertz CT molecular complexity index is 413. The molecule has 0 radical (unpaired) electrons. The third kappa shape index (κ3) is 4.58. The van der Waals surface area contributed by atoms with Crippen LogP contribution in [0, 0.1) is 30.6 Å². The van der Waals surface area contributed by atoms with Crippen LogP contribution >= 0.6 is 0 Å². The van der Waals surface area contributed by atoms with Gasteiger partial charge in [-0.1, -0.05) is 18.2 Å². The van der Waals surface area contributed by atoms with E-state index < -0.39 is 0 Å². The Hall–Kier alpha value is -1.33. The zero-order chi connectivity index (χ0) is 12.9. The quantitative estimate of drug-likeness (QED) is 0.789. The van der Waals surface area contributed by atoms with Crippen LogP contribution in [0.15, 0.2) is 18.2 Å². The first-order valence-corrected chi connectivity index (χ1v) is 6.13. The maximum absolute atomic E-state index is 8.89. The van der Waals surface area contributed by atoms with E-state index in [2.05, 4.69) is 43.4 Å². The van der Waals surface area contributed by atoms with Crippen LogP contribution in [0.3, 0.4) is 0 Å². The summed E-state index contributed by atoms with van der Waals surface area (Å²) in [6.45, 7) is 9.85. The Labute approximate surface area is 105 Å². The maximum atomic E-state index is 8.89. The molecule has 0 atom stereocenters. The molecule has 0 unspecified atom stereocenters. The topological polar surface area (TPSA) is 35.8 Å². The van der Waals surface area contributed by atoms with E-state index in [0.717, 1.165) is 19.5 Å². The van der Waals surface area contributed by atoms with Crippen LogP contribution in [0.2, 0.25) is 0 Å². The molecule has 0 aliphatic rings. The molecule has 0 aromatic heterocycles. The summed E-state index contributed by atoms with van der Waals surface area (Å²) in [6.07, 6.45) is 1.02. The lowest BCUT2D eigenvalue weighted by atomic mass is 9.96. The van der Waals surface area contributed by atoms with E-state index >= 15 is 0 Å². The van der Waals surface area contributed by atoms with Gasteiger partial charge >= 0.3 is 0 Å². The summed E-state index contributed by atoms with van der Waals surface area (Å²) in [5.74, 6) is 0. The van der Waals surface area contributed by atoms with Crippen LogP contribution in [-0.4, -0.2) is 13.1 Å². The molecule has 1 N–H and O–H groups in total. The molecular weight excluding hydrogens is 208 g/mol. The summed E-state index contributed by atoms with van der Waals surface area (Å²) in [6, 6.07) is 8.89. The second-order valence-electron chi connectivity index (χ2n) is 5.34. The first kappa shape index (κ1) is 13.7. The van der Waals surface area contributed by atoms with E-state index in [1.807, 2.05) is 13.8 Å². The third-order valence-electron chi connectivity index (χ3n) is 3.03. The second-order valence-corrected chi connectivity index (χ2v) is 5.34. The lowest BCUT2D eigenvalue weighted by molar-refractivity contribution is 0.447. The third-order valence-corrected chi connectivity index (χ3v) is 3.03. The fourth-order valence-electron chi connectivity index (χ4n) is 1.63. The summed E-state index contributed by atoms with van der Waals surface area (Å²) in [4.78, 5) is 0. The molecule has 0 fully saturated rings. The van der Waals surface area contributed by atoms with E-state index in [1.165, 1.54) is 16.7 Å². The van der Waals surface area contributed by atoms with Gasteiger partial charge in [-0.05, 0) is 57.4 Å².